The predicted molar refractivity (Wildman–Crippen MR) is 81.0 cm³/mol. The van der Waals surface area contributed by atoms with Crippen LogP contribution >= 0.6 is 0 Å². The van der Waals surface area contributed by atoms with Gasteiger partial charge in [0.15, 0.2) is 0 Å². The molecule has 1 saturated carbocycles. The van der Waals surface area contributed by atoms with Crippen LogP contribution in [0.3, 0.4) is 0 Å². The zero-order valence-corrected chi connectivity index (χ0v) is 12.1. The molecule has 1 aromatic carbocycles. The van der Waals surface area contributed by atoms with Crippen LogP contribution in [0, 0.1) is 23.7 Å². The van der Waals surface area contributed by atoms with Gasteiger partial charge in [0.25, 0.3) is 0 Å². The van der Waals surface area contributed by atoms with Crippen molar-refractivity contribution in [3.05, 3.63) is 47.5 Å². The first kappa shape index (κ1) is 13.1. The molecule has 1 saturated heterocycles. The first-order valence-electron chi connectivity index (χ1n) is 7.93. The average Bonchev–Trinajstić information content (AvgIpc) is 2.94. The van der Waals surface area contributed by atoms with Crippen LogP contribution in [0.25, 0.3) is 0 Å². The number of rotatable bonds is 3. The molecule has 0 aromatic heterocycles. The molecule has 1 aliphatic heterocycles. The quantitative estimate of drug-likeness (QED) is 0.867. The third-order valence-corrected chi connectivity index (χ3v) is 5.61. The van der Waals surface area contributed by atoms with Crippen LogP contribution in [-0.2, 0) is 6.54 Å². The summed E-state index contributed by atoms with van der Waals surface area (Å²) in [5.74, 6) is 2.40. The maximum absolute atomic E-state index is 11.1. The average molecular weight is 283 g/mol. The van der Waals surface area contributed by atoms with E-state index in [4.69, 9.17) is 5.11 Å². The second-order valence-electron chi connectivity index (χ2n) is 6.82. The van der Waals surface area contributed by atoms with Gasteiger partial charge in [0.1, 0.15) is 0 Å². The first-order valence-corrected chi connectivity index (χ1v) is 7.93. The van der Waals surface area contributed by atoms with Crippen molar-refractivity contribution in [3.8, 4) is 0 Å². The Hall–Kier alpha value is -1.61. The lowest BCUT2D eigenvalue weighted by atomic mass is 9.64. The second-order valence-corrected chi connectivity index (χ2v) is 6.82. The van der Waals surface area contributed by atoms with E-state index in [-0.39, 0.29) is 0 Å². The lowest BCUT2D eigenvalue weighted by Gasteiger charge is -2.40. The summed E-state index contributed by atoms with van der Waals surface area (Å²) >= 11 is 0. The molecule has 1 aromatic rings. The van der Waals surface area contributed by atoms with Gasteiger partial charge >= 0.3 is 5.97 Å². The van der Waals surface area contributed by atoms with E-state index < -0.39 is 5.97 Å². The predicted octanol–water partition coefficient (Wildman–Crippen LogP) is 3.03. The molecule has 4 atom stereocenters. The molecule has 2 bridgehead atoms. The summed E-state index contributed by atoms with van der Waals surface area (Å²) in [6.07, 6.45) is 7.63. The fourth-order valence-corrected chi connectivity index (χ4v) is 4.61. The minimum absolute atomic E-state index is 0.394. The van der Waals surface area contributed by atoms with Crippen molar-refractivity contribution in [2.24, 2.45) is 23.7 Å². The van der Waals surface area contributed by atoms with Gasteiger partial charge in [-0.15, -0.1) is 0 Å². The number of fused-ring (bicyclic) bond motifs is 1. The highest BCUT2D eigenvalue weighted by atomic mass is 16.4. The van der Waals surface area contributed by atoms with Crippen molar-refractivity contribution in [2.45, 2.75) is 19.4 Å². The first-order chi connectivity index (χ1) is 10.2. The fourth-order valence-electron chi connectivity index (χ4n) is 4.61. The zero-order chi connectivity index (χ0) is 14.4. The number of hydrogen-bond acceptors (Lipinski definition) is 2. The van der Waals surface area contributed by atoms with E-state index in [1.807, 2.05) is 18.2 Å². The maximum atomic E-state index is 11.1. The van der Waals surface area contributed by atoms with Crippen molar-refractivity contribution >= 4 is 5.97 Å². The van der Waals surface area contributed by atoms with Crippen molar-refractivity contribution in [1.82, 2.24) is 4.90 Å². The molecule has 1 N–H and O–H groups in total. The van der Waals surface area contributed by atoms with E-state index >= 15 is 0 Å². The molecule has 21 heavy (non-hydrogen) atoms. The molecular formula is C18H21NO2. The van der Waals surface area contributed by atoms with Gasteiger partial charge in [0.2, 0.25) is 0 Å². The SMILES string of the molecule is O=C(O)c1cccc(CN2CC3C4C=CC(CC4)C3C2)c1. The van der Waals surface area contributed by atoms with E-state index in [1.54, 1.807) is 6.07 Å². The normalized spacial score (nSPS) is 34.1. The third kappa shape index (κ3) is 2.30. The van der Waals surface area contributed by atoms with Crippen molar-refractivity contribution in [1.29, 1.82) is 0 Å². The van der Waals surface area contributed by atoms with Crippen LogP contribution in [0.4, 0.5) is 0 Å². The molecule has 3 nitrogen and oxygen atoms in total. The van der Waals surface area contributed by atoms with E-state index in [2.05, 4.69) is 17.1 Å². The number of carbonyl (C=O) groups is 1. The Bertz CT molecular complexity index is 573. The Morgan fingerprint density at radius 2 is 1.81 bits per heavy atom. The van der Waals surface area contributed by atoms with Gasteiger partial charge in [0, 0.05) is 19.6 Å². The molecule has 0 amide bonds. The lowest BCUT2D eigenvalue weighted by Crippen LogP contribution is -2.35. The molecular weight excluding hydrogens is 262 g/mol. The van der Waals surface area contributed by atoms with Gasteiger partial charge < -0.3 is 5.11 Å². The number of aromatic carboxylic acids is 1. The molecule has 4 unspecified atom stereocenters. The highest BCUT2D eigenvalue weighted by molar-refractivity contribution is 5.87. The molecule has 1 heterocycles. The van der Waals surface area contributed by atoms with Crippen LogP contribution < -0.4 is 0 Å². The zero-order valence-electron chi connectivity index (χ0n) is 12.1. The highest BCUT2D eigenvalue weighted by Gasteiger charge is 2.45. The van der Waals surface area contributed by atoms with Gasteiger partial charge in [0.05, 0.1) is 5.56 Å². The van der Waals surface area contributed by atoms with Crippen molar-refractivity contribution in [3.63, 3.8) is 0 Å². The van der Waals surface area contributed by atoms with Crippen LogP contribution in [-0.4, -0.2) is 29.1 Å². The fraction of sp³-hybridized carbons (Fsp3) is 0.500. The maximum Gasteiger partial charge on any atom is 0.335 e. The number of allylic oxidation sites excluding steroid dienone is 2. The van der Waals surface area contributed by atoms with Crippen molar-refractivity contribution in [2.75, 3.05) is 13.1 Å². The number of benzene rings is 1. The molecule has 110 valence electrons. The van der Waals surface area contributed by atoms with Gasteiger partial charge in [-0.05, 0) is 54.2 Å². The topological polar surface area (TPSA) is 40.5 Å². The van der Waals surface area contributed by atoms with Gasteiger partial charge in [-0.2, -0.15) is 0 Å². The van der Waals surface area contributed by atoms with Crippen LogP contribution in [0.2, 0.25) is 0 Å². The monoisotopic (exact) mass is 283 g/mol. The lowest BCUT2D eigenvalue weighted by molar-refractivity contribution is 0.0696. The Labute approximate surface area is 125 Å². The van der Waals surface area contributed by atoms with Crippen LogP contribution in [0.5, 0.6) is 0 Å². The minimum atomic E-state index is -0.839. The molecule has 0 radical (unpaired) electrons. The van der Waals surface area contributed by atoms with Gasteiger partial charge in [-0.25, -0.2) is 4.79 Å². The number of nitrogens with zero attached hydrogens (tertiary/aromatic N) is 1. The highest BCUT2D eigenvalue weighted by Crippen LogP contribution is 2.48. The van der Waals surface area contributed by atoms with E-state index in [9.17, 15) is 4.79 Å². The smallest absolute Gasteiger partial charge is 0.335 e. The molecule has 0 spiro atoms. The Kier molecular flexibility index (Phi) is 3.11. The third-order valence-electron chi connectivity index (χ3n) is 5.61. The van der Waals surface area contributed by atoms with Crippen LogP contribution in [0.1, 0.15) is 28.8 Å². The van der Waals surface area contributed by atoms with E-state index in [0.717, 1.165) is 35.8 Å². The molecule has 5 rings (SSSR count). The van der Waals surface area contributed by atoms with Gasteiger partial charge in [-0.1, -0.05) is 24.3 Å². The second kappa shape index (κ2) is 4.99. The standard InChI is InChI=1S/C18H21NO2/c20-18(21)15-3-1-2-12(8-15)9-19-10-16-13-4-5-14(7-6-13)17(16)11-19/h1-5,8,13-14,16-17H,6-7,9-11H2,(H,20,21). The van der Waals surface area contributed by atoms with E-state index in [1.165, 1.54) is 25.9 Å². The minimum Gasteiger partial charge on any atom is -0.478 e. The van der Waals surface area contributed by atoms with Crippen LogP contribution in [0.15, 0.2) is 36.4 Å². The summed E-state index contributed by atoms with van der Waals surface area (Å²) in [5.41, 5.74) is 1.51. The van der Waals surface area contributed by atoms with Gasteiger partial charge in [-0.3, -0.25) is 4.90 Å². The number of hydrogen-bond donors (Lipinski definition) is 1. The number of likely N-dealkylation sites (tertiary alicyclic amines) is 1. The number of carboxylic acid groups (broad SMARTS) is 1. The molecule has 2 fully saturated rings. The number of carboxylic acids is 1. The summed E-state index contributed by atoms with van der Waals surface area (Å²) in [5, 5.41) is 9.09. The summed E-state index contributed by atoms with van der Waals surface area (Å²) < 4.78 is 0. The molecule has 3 heteroatoms. The molecule has 4 aliphatic rings. The summed E-state index contributed by atoms with van der Waals surface area (Å²) in [6, 6.07) is 7.38. The Balaban J connectivity index is 1.48. The summed E-state index contributed by atoms with van der Waals surface area (Å²) in [4.78, 5) is 13.6. The summed E-state index contributed by atoms with van der Waals surface area (Å²) in [7, 11) is 0. The largest absolute Gasteiger partial charge is 0.478 e. The summed E-state index contributed by atoms with van der Waals surface area (Å²) in [6.45, 7) is 3.23. The van der Waals surface area contributed by atoms with E-state index in [0.29, 0.717) is 5.56 Å². The van der Waals surface area contributed by atoms with Crippen molar-refractivity contribution < 1.29 is 9.90 Å². The Morgan fingerprint density at radius 3 is 2.38 bits per heavy atom. The molecule has 3 aliphatic carbocycles. The Morgan fingerprint density at radius 1 is 1.14 bits per heavy atom.